The zero-order valence-electron chi connectivity index (χ0n) is 7.95. The second-order valence-electron chi connectivity index (χ2n) is 3.06. The van der Waals surface area contributed by atoms with Gasteiger partial charge in [0.05, 0.1) is 0 Å². The lowest BCUT2D eigenvalue weighted by Crippen LogP contribution is -2.16. The fraction of sp³-hybridized carbons (Fsp3) is 0.500. The number of aliphatic hydroxyl groups excluding tert-OH is 1. The van der Waals surface area contributed by atoms with Crippen LogP contribution in [0.1, 0.15) is 17.5 Å². The summed E-state index contributed by atoms with van der Waals surface area (Å²) in [5, 5.41) is 11.8. The molecular weight excluding hydrogens is 164 g/mol. The SMILES string of the molecule is Cc1ccncc1CNCCCO. The number of aryl methyl sites for hydroxylation is 1. The number of nitrogens with one attached hydrogen (secondary N) is 1. The van der Waals surface area contributed by atoms with Gasteiger partial charge in [0.1, 0.15) is 0 Å². The molecule has 1 rings (SSSR count). The minimum Gasteiger partial charge on any atom is -0.396 e. The molecule has 0 spiro atoms. The Labute approximate surface area is 78.8 Å². The monoisotopic (exact) mass is 180 g/mol. The van der Waals surface area contributed by atoms with Gasteiger partial charge in [0.2, 0.25) is 0 Å². The summed E-state index contributed by atoms with van der Waals surface area (Å²) >= 11 is 0. The van der Waals surface area contributed by atoms with Gasteiger partial charge in [0.25, 0.3) is 0 Å². The van der Waals surface area contributed by atoms with Crippen molar-refractivity contribution < 1.29 is 5.11 Å². The average molecular weight is 180 g/mol. The zero-order chi connectivity index (χ0) is 9.52. The maximum absolute atomic E-state index is 8.57. The van der Waals surface area contributed by atoms with Crippen LogP contribution < -0.4 is 5.32 Å². The number of aromatic nitrogens is 1. The highest BCUT2D eigenvalue weighted by Crippen LogP contribution is 2.03. The number of hydrogen-bond donors (Lipinski definition) is 2. The number of rotatable bonds is 5. The molecule has 0 atom stereocenters. The van der Waals surface area contributed by atoms with E-state index in [1.165, 1.54) is 11.1 Å². The van der Waals surface area contributed by atoms with Crippen LogP contribution in [0.25, 0.3) is 0 Å². The van der Waals surface area contributed by atoms with Crippen molar-refractivity contribution in [2.45, 2.75) is 19.9 Å². The van der Waals surface area contributed by atoms with Gasteiger partial charge in [-0.05, 0) is 37.1 Å². The highest BCUT2D eigenvalue weighted by molar-refractivity contribution is 5.20. The van der Waals surface area contributed by atoms with Gasteiger partial charge in [0.15, 0.2) is 0 Å². The van der Waals surface area contributed by atoms with E-state index in [0.29, 0.717) is 0 Å². The third kappa shape index (κ3) is 3.53. The van der Waals surface area contributed by atoms with Crippen LogP contribution in [-0.4, -0.2) is 23.2 Å². The smallest absolute Gasteiger partial charge is 0.0443 e. The summed E-state index contributed by atoms with van der Waals surface area (Å²) in [6, 6.07) is 2.00. The summed E-state index contributed by atoms with van der Waals surface area (Å²) in [7, 11) is 0. The van der Waals surface area contributed by atoms with Crippen LogP contribution in [0.15, 0.2) is 18.5 Å². The molecule has 3 heteroatoms. The lowest BCUT2D eigenvalue weighted by atomic mass is 10.1. The van der Waals surface area contributed by atoms with Gasteiger partial charge < -0.3 is 10.4 Å². The molecule has 0 saturated heterocycles. The van der Waals surface area contributed by atoms with Crippen LogP contribution in [0.2, 0.25) is 0 Å². The van der Waals surface area contributed by atoms with Crippen LogP contribution in [-0.2, 0) is 6.54 Å². The third-order valence-electron chi connectivity index (χ3n) is 1.97. The van der Waals surface area contributed by atoms with Gasteiger partial charge in [-0.25, -0.2) is 0 Å². The van der Waals surface area contributed by atoms with E-state index >= 15 is 0 Å². The van der Waals surface area contributed by atoms with Crippen LogP contribution in [0, 0.1) is 6.92 Å². The van der Waals surface area contributed by atoms with Crippen LogP contribution >= 0.6 is 0 Å². The minimum atomic E-state index is 0.249. The summed E-state index contributed by atoms with van der Waals surface area (Å²) in [5.41, 5.74) is 2.48. The second-order valence-corrected chi connectivity index (χ2v) is 3.06. The summed E-state index contributed by atoms with van der Waals surface area (Å²) in [6.07, 6.45) is 4.48. The highest BCUT2D eigenvalue weighted by Gasteiger charge is 1.95. The molecule has 0 unspecified atom stereocenters. The fourth-order valence-electron chi connectivity index (χ4n) is 1.11. The van der Waals surface area contributed by atoms with E-state index in [1.54, 1.807) is 6.20 Å². The van der Waals surface area contributed by atoms with Crippen LogP contribution in [0.5, 0.6) is 0 Å². The molecular formula is C10H16N2O. The first-order valence-electron chi connectivity index (χ1n) is 4.55. The Bertz CT molecular complexity index is 250. The van der Waals surface area contributed by atoms with E-state index in [2.05, 4.69) is 17.2 Å². The first-order valence-corrected chi connectivity index (χ1v) is 4.55. The Hall–Kier alpha value is -0.930. The zero-order valence-corrected chi connectivity index (χ0v) is 7.95. The molecule has 0 aliphatic heterocycles. The predicted molar refractivity (Wildman–Crippen MR) is 52.4 cm³/mol. The number of hydrogen-bond acceptors (Lipinski definition) is 3. The van der Waals surface area contributed by atoms with Gasteiger partial charge in [-0.3, -0.25) is 4.98 Å². The Morgan fingerprint density at radius 1 is 1.54 bits per heavy atom. The minimum absolute atomic E-state index is 0.249. The maximum atomic E-state index is 8.57. The van der Waals surface area contributed by atoms with Crippen LogP contribution in [0.3, 0.4) is 0 Å². The lowest BCUT2D eigenvalue weighted by molar-refractivity contribution is 0.286. The summed E-state index contributed by atoms with van der Waals surface area (Å²) in [4.78, 5) is 4.06. The molecule has 0 aliphatic rings. The lowest BCUT2D eigenvalue weighted by Gasteiger charge is -2.05. The molecule has 0 fully saturated rings. The van der Waals surface area contributed by atoms with Crippen molar-refractivity contribution in [1.82, 2.24) is 10.3 Å². The molecule has 0 amide bonds. The molecule has 2 N–H and O–H groups in total. The van der Waals surface area contributed by atoms with Gasteiger partial charge in [0, 0.05) is 25.5 Å². The van der Waals surface area contributed by atoms with Crippen molar-refractivity contribution in [1.29, 1.82) is 0 Å². The van der Waals surface area contributed by atoms with Gasteiger partial charge >= 0.3 is 0 Å². The Morgan fingerprint density at radius 3 is 3.08 bits per heavy atom. The van der Waals surface area contributed by atoms with Crippen molar-refractivity contribution in [3.05, 3.63) is 29.6 Å². The summed E-state index contributed by atoms with van der Waals surface area (Å²) in [6.45, 7) is 4.01. The quantitative estimate of drug-likeness (QED) is 0.661. The van der Waals surface area contributed by atoms with Gasteiger partial charge in [-0.15, -0.1) is 0 Å². The molecule has 1 aromatic rings. The molecule has 3 nitrogen and oxygen atoms in total. The van der Waals surface area contributed by atoms with E-state index in [1.807, 2.05) is 12.3 Å². The van der Waals surface area contributed by atoms with E-state index in [9.17, 15) is 0 Å². The molecule has 0 aliphatic carbocycles. The molecule has 0 bridgehead atoms. The predicted octanol–water partition coefficient (Wildman–Crippen LogP) is 0.862. The summed E-state index contributed by atoms with van der Waals surface area (Å²) < 4.78 is 0. The van der Waals surface area contributed by atoms with E-state index < -0.39 is 0 Å². The van der Waals surface area contributed by atoms with Crippen molar-refractivity contribution in [2.24, 2.45) is 0 Å². The van der Waals surface area contributed by atoms with Gasteiger partial charge in [-0.2, -0.15) is 0 Å². The molecule has 1 aromatic heterocycles. The van der Waals surface area contributed by atoms with E-state index in [-0.39, 0.29) is 6.61 Å². The number of nitrogens with zero attached hydrogens (tertiary/aromatic N) is 1. The van der Waals surface area contributed by atoms with Crippen molar-refractivity contribution in [3.8, 4) is 0 Å². The number of pyridine rings is 1. The van der Waals surface area contributed by atoms with E-state index in [4.69, 9.17) is 5.11 Å². The van der Waals surface area contributed by atoms with E-state index in [0.717, 1.165) is 19.5 Å². The molecule has 0 radical (unpaired) electrons. The van der Waals surface area contributed by atoms with Crippen molar-refractivity contribution >= 4 is 0 Å². The second kappa shape index (κ2) is 5.67. The topological polar surface area (TPSA) is 45.2 Å². The summed E-state index contributed by atoms with van der Waals surface area (Å²) in [5.74, 6) is 0. The molecule has 1 heterocycles. The van der Waals surface area contributed by atoms with Gasteiger partial charge in [-0.1, -0.05) is 0 Å². The molecule has 0 aromatic carbocycles. The van der Waals surface area contributed by atoms with Crippen LogP contribution in [0.4, 0.5) is 0 Å². The molecule has 72 valence electrons. The Balaban J connectivity index is 2.32. The standard InChI is InChI=1S/C10H16N2O/c1-9-3-5-12-8-10(9)7-11-4-2-6-13/h3,5,8,11,13H,2,4,6-7H2,1H3. The fourth-order valence-corrected chi connectivity index (χ4v) is 1.11. The van der Waals surface area contributed by atoms with Crippen molar-refractivity contribution in [3.63, 3.8) is 0 Å². The average Bonchev–Trinajstić information content (AvgIpc) is 2.15. The Kier molecular flexibility index (Phi) is 4.43. The van der Waals surface area contributed by atoms with Crippen molar-refractivity contribution in [2.75, 3.05) is 13.2 Å². The highest BCUT2D eigenvalue weighted by atomic mass is 16.3. The first-order chi connectivity index (χ1) is 6.34. The normalized spacial score (nSPS) is 10.3. The maximum Gasteiger partial charge on any atom is 0.0443 e. The largest absolute Gasteiger partial charge is 0.396 e. The Morgan fingerprint density at radius 2 is 2.38 bits per heavy atom. The molecule has 0 saturated carbocycles. The third-order valence-corrected chi connectivity index (χ3v) is 1.97. The number of aliphatic hydroxyl groups is 1. The first kappa shape index (κ1) is 10.2. The molecule has 13 heavy (non-hydrogen) atoms.